The molecule has 0 saturated carbocycles. The minimum absolute atomic E-state index is 0.181. The summed E-state index contributed by atoms with van der Waals surface area (Å²) < 4.78 is 16.5. The molecule has 1 atom stereocenters. The van der Waals surface area contributed by atoms with Crippen LogP contribution in [-0.4, -0.2) is 34.4 Å². The van der Waals surface area contributed by atoms with Gasteiger partial charge in [0.25, 0.3) is 5.89 Å². The van der Waals surface area contributed by atoms with Gasteiger partial charge in [-0.3, -0.25) is 4.90 Å². The van der Waals surface area contributed by atoms with Crippen LogP contribution in [0.5, 0.6) is 11.5 Å². The standard InChI is InChI=1S/C22H19ClN4O4/c1-3-27-12(2)18(19(24-22(27)28)13-4-7-15(23)8-5-13)21-25-20(26-31-21)14-6-9-16-17(10-14)30-11-29-16/h4-10,19H,3,11H2,1-2H3,(H,24,28). The molecule has 0 fully saturated rings. The van der Waals surface area contributed by atoms with Gasteiger partial charge >= 0.3 is 6.03 Å². The van der Waals surface area contributed by atoms with Gasteiger partial charge in [0.05, 0.1) is 11.6 Å². The summed E-state index contributed by atoms with van der Waals surface area (Å²) in [6.07, 6.45) is 0. The number of allylic oxidation sites excluding steroid dienone is 1. The number of urea groups is 1. The molecule has 1 unspecified atom stereocenters. The van der Waals surface area contributed by atoms with Crippen molar-refractivity contribution in [2.24, 2.45) is 0 Å². The van der Waals surface area contributed by atoms with E-state index in [4.69, 9.17) is 25.6 Å². The summed E-state index contributed by atoms with van der Waals surface area (Å²) in [5.74, 6) is 2.08. The Bertz CT molecular complexity index is 1190. The molecule has 0 saturated heterocycles. The number of fused-ring (bicyclic) bond motifs is 1. The molecule has 0 radical (unpaired) electrons. The van der Waals surface area contributed by atoms with Gasteiger partial charge < -0.3 is 19.3 Å². The Labute approximate surface area is 183 Å². The van der Waals surface area contributed by atoms with E-state index in [1.54, 1.807) is 17.0 Å². The predicted molar refractivity (Wildman–Crippen MR) is 114 cm³/mol. The molecular formula is C22H19ClN4O4. The average molecular weight is 439 g/mol. The van der Waals surface area contributed by atoms with Crippen molar-refractivity contribution in [1.82, 2.24) is 20.4 Å². The van der Waals surface area contributed by atoms with Crippen LogP contribution in [-0.2, 0) is 0 Å². The van der Waals surface area contributed by atoms with Crippen LogP contribution in [0, 0.1) is 0 Å². The van der Waals surface area contributed by atoms with Gasteiger partial charge in [0.15, 0.2) is 11.5 Å². The molecule has 158 valence electrons. The Morgan fingerprint density at radius 1 is 1.16 bits per heavy atom. The molecule has 2 aliphatic heterocycles. The van der Waals surface area contributed by atoms with Gasteiger partial charge in [-0.1, -0.05) is 28.9 Å². The molecule has 31 heavy (non-hydrogen) atoms. The fourth-order valence-corrected chi connectivity index (χ4v) is 3.96. The van der Waals surface area contributed by atoms with Gasteiger partial charge in [-0.2, -0.15) is 4.98 Å². The highest BCUT2D eigenvalue weighted by Gasteiger charge is 2.35. The number of ether oxygens (including phenoxy) is 2. The lowest BCUT2D eigenvalue weighted by Gasteiger charge is -2.34. The molecule has 3 heterocycles. The Balaban J connectivity index is 1.58. The minimum atomic E-state index is -0.447. The molecule has 2 aromatic carbocycles. The zero-order valence-electron chi connectivity index (χ0n) is 16.9. The Hall–Kier alpha value is -3.52. The fourth-order valence-electron chi connectivity index (χ4n) is 3.83. The SMILES string of the molecule is CCN1C(=O)NC(c2ccc(Cl)cc2)C(c2nc(-c3ccc4c(c3)OCO4)no2)=C1C. The number of halogens is 1. The van der Waals surface area contributed by atoms with Crippen LogP contribution < -0.4 is 14.8 Å². The van der Waals surface area contributed by atoms with Gasteiger partial charge in [-0.25, -0.2) is 4.79 Å². The fraction of sp³-hybridized carbons (Fsp3) is 0.227. The van der Waals surface area contributed by atoms with E-state index in [-0.39, 0.29) is 12.8 Å². The first-order valence-corrected chi connectivity index (χ1v) is 10.2. The summed E-state index contributed by atoms with van der Waals surface area (Å²) in [5.41, 5.74) is 3.11. The molecule has 3 aromatic rings. The highest BCUT2D eigenvalue weighted by atomic mass is 35.5. The zero-order valence-corrected chi connectivity index (χ0v) is 17.6. The van der Waals surface area contributed by atoms with Gasteiger partial charge in [-0.15, -0.1) is 0 Å². The van der Waals surface area contributed by atoms with Crippen LogP contribution in [0.1, 0.15) is 31.3 Å². The summed E-state index contributed by atoms with van der Waals surface area (Å²) >= 11 is 6.05. The molecule has 2 aliphatic rings. The van der Waals surface area contributed by atoms with E-state index in [0.717, 1.165) is 22.4 Å². The van der Waals surface area contributed by atoms with Crippen molar-refractivity contribution in [3.63, 3.8) is 0 Å². The summed E-state index contributed by atoms with van der Waals surface area (Å²) in [6.45, 7) is 4.50. The molecule has 0 bridgehead atoms. The second kappa shape index (κ2) is 7.63. The third-order valence-electron chi connectivity index (χ3n) is 5.40. The molecule has 1 aromatic heterocycles. The number of hydrogen-bond donors (Lipinski definition) is 1. The summed E-state index contributed by atoms with van der Waals surface area (Å²) in [6, 6.07) is 12.2. The second-order valence-corrected chi connectivity index (χ2v) is 7.61. The van der Waals surface area contributed by atoms with Crippen molar-refractivity contribution >= 4 is 23.2 Å². The number of nitrogens with one attached hydrogen (secondary N) is 1. The van der Waals surface area contributed by atoms with E-state index in [9.17, 15) is 4.79 Å². The summed E-state index contributed by atoms with van der Waals surface area (Å²) in [5, 5.41) is 7.82. The number of nitrogens with zero attached hydrogens (tertiary/aromatic N) is 3. The van der Waals surface area contributed by atoms with E-state index in [2.05, 4.69) is 15.5 Å². The average Bonchev–Trinajstić information content (AvgIpc) is 3.43. The van der Waals surface area contributed by atoms with Crippen LogP contribution in [0.4, 0.5) is 4.79 Å². The van der Waals surface area contributed by atoms with Crippen LogP contribution in [0.25, 0.3) is 17.0 Å². The van der Waals surface area contributed by atoms with Crippen molar-refractivity contribution in [3.05, 3.63) is 64.6 Å². The summed E-state index contributed by atoms with van der Waals surface area (Å²) in [4.78, 5) is 18.9. The van der Waals surface area contributed by atoms with Gasteiger partial charge in [0.2, 0.25) is 12.6 Å². The maximum Gasteiger partial charge on any atom is 0.322 e. The van der Waals surface area contributed by atoms with Gasteiger partial charge in [-0.05, 0) is 49.7 Å². The van der Waals surface area contributed by atoms with Crippen LogP contribution in [0.3, 0.4) is 0 Å². The minimum Gasteiger partial charge on any atom is -0.454 e. The van der Waals surface area contributed by atoms with Crippen molar-refractivity contribution in [1.29, 1.82) is 0 Å². The normalized spacial score (nSPS) is 17.8. The Morgan fingerprint density at radius 3 is 2.71 bits per heavy atom. The number of amides is 2. The van der Waals surface area contributed by atoms with E-state index in [1.165, 1.54) is 0 Å². The third-order valence-corrected chi connectivity index (χ3v) is 5.66. The molecule has 2 amide bonds. The molecule has 0 spiro atoms. The topological polar surface area (TPSA) is 89.7 Å². The van der Waals surface area contributed by atoms with Gasteiger partial charge in [0, 0.05) is 22.8 Å². The first kappa shape index (κ1) is 19.4. The Morgan fingerprint density at radius 2 is 1.94 bits per heavy atom. The molecule has 8 nitrogen and oxygen atoms in total. The monoisotopic (exact) mass is 438 g/mol. The third kappa shape index (κ3) is 3.38. The second-order valence-electron chi connectivity index (χ2n) is 7.17. The summed E-state index contributed by atoms with van der Waals surface area (Å²) in [7, 11) is 0. The number of benzene rings is 2. The van der Waals surface area contributed by atoms with E-state index in [0.29, 0.717) is 34.8 Å². The predicted octanol–water partition coefficient (Wildman–Crippen LogP) is 4.64. The number of aromatic nitrogens is 2. The van der Waals surface area contributed by atoms with E-state index >= 15 is 0 Å². The Kier molecular flexibility index (Phi) is 4.78. The number of hydrogen-bond acceptors (Lipinski definition) is 6. The highest BCUT2D eigenvalue weighted by molar-refractivity contribution is 6.30. The maximum absolute atomic E-state index is 12.7. The lowest BCUT2D eigenvalue weighted by atomic mass is 9.95. The van der Waals surface area contributed by atoms with Crippen LogP contribution in [0.2, 0.25) is 5.02 Å². The largest absolute Gasteiger partial charge is 0.454 e. The van der Waals surface area contributed by atoms with Crippen LogP contribution >= 0.6 is 11.6 Å². The molecule has 0 aliphatic carbocycles. The maximum atomic E-state index is 12.7. The number of rotatable bonds is 4. The van der Waals surface area contributed by atoms with Crippen molar-refractivity contribution < 1.29 is 18.8 Å². The quantitative estimate of drug-likeness (QED) is 0.638. The number of carbonyl (C=O) groups excluding carboxylic acids is 1. The van der Waals surface area contributed by atoms with E-state index < -0.39 is 6.04 Å². The molecule has 5 rings (SSSR count). The molecule has 9 heteroatoms. The number of carbonyl (C=O) groups is 1. The zero-order chi connectivity index (χ0) is 21.5. The lowest BCUT2D eigenvalue weighted by Crippen LogP contribution is -2.45. The van der Waals surface area contributed by atoms with Crippen molar-refractivity contribution in [2.45, 2.75) is 19.9 Å². The smallest absolute Gasteiger partial charge is 0.322 e. The van der Waals surface area contributed by atoms with Crippen molar-refractivity contribution in [2.75, 3.05) is 13.3 Å². The lowest BCUT2D eigenvalue weighted by molar-refractivity contribution is 0.174. The van der Waals surface area contributed by atoms with Gasteiger partial charge in [0.1, 0.15) is 0 Å². The van der Waals surface area contributed by atoms with Crippen LogP contribution in [0.15, 0.2) is 52.7 Å². The van der Waals surface area contributed by atoms with E-state index in [1.807, 2.05) is 44.2 Å². The molecule has 1 N–H and O–H groups in total. The first-order valence-electron chi connectivity index (χ1n) is 9.83. The highest BCUT2D eigenvalue weighted by Crippen LogP contribution is 2.39. The molecular weight excluding hydrogens is 420 g/mol. The van der Waals surface area contributed by atoms with Crippen molar-refractivity contribution in [3.8, 4) is 22.9 Å². The first-order chi connectivity index (χ1) is 15.0.